The quantitative estimate of drug-likeness (QED) is 0.425. The van der Waals surface area contributed by atoms with Crippen LogP contribution in [0.15, 0.2) is 76.5 Å². The number of nitrogens with zero attached hydrogens (tertiary/aromatic N) is 1. The van der Waals surface area contributed by atoms with Gasteiger partial charge in [-0.15, -0.1) is 0 Å². The SMILES string of the molecule is Cc1cccc(NC(=O)c2ccc(Sc3ccccc3Cl)c([N+](=O)[O-])c2)c1. The van der Waals surface area contributed by atoms with Gasteiger partial charge in [0.2, 0.25) is 0 Å². The van der Waals surface area contributed by atoms with E-state index in [1.807, 2.05) is 31.2 Å². The van der Waals surface area contributed by atoms with Crippen molar-refractivity contribution in [3.8, 4) is 0 Å². The van der Waals surface area contributed by atoms with Crippen molar-refractivity contribution in [1.82, 2.24) is 0 Å². The molecule has 0 aliphatic heterocycles. The highest BCUT2D eigenvalue weighted by molar-refractivity contribution is 7.99. The third-order valence-corrected chi connectivity index (χ3v) is 5.33. The Morgan fingerprint density at radius 2 is 1.81 bits per heavy atom. The van der Waals surface area contributed by atoms with Crippen LogP contribution in [0.2, 0.25) is 5.02 Å². The Balaban J connectivity index is 1.88. The first kappa shape index (κ1) is 18.9. The molecule has 0 saturated heterocycles. The molecule has 0 bridgehead atoms. The van der Waals surface area contributed by atoms with Crippen molar-refractivity contribution in [3.63, 3.8) is 0 Å². The van der Waals surface area contributed by atoms with E-state index >= 15 is 0 Å². The molecule has 0 fully saturated rings. The van der Waals surface area contributed by atoms with E-state index in [-0.39, 0.29) is 11.3 Å². The minimum Gasteiger partial charge on any atom is -0.322 e. The number of aryl methyl sites for hydroxylation is 1. The molecular formula is C20H15ClN2O3S. The van der Waals surface area contributed by atoms with Crippen LogP contribution in [0.4, 0.5) is 11.4 Å². The molecule has 0 saturated carbocycles. The van der Waals surface area contributed by atoms with Crippen LogP contribution in [0.5, 0.6) is 0 Å². The maximum Gasteiger partial charge on any atom is 0.284 e. The maximum absolute atomic E-state index is 12.5. The average Bonchev–Trinajstić information content (AvgIpc) is 2.63. The lowest BCUT2D eigenvalue weighted by atomic mass is 10.1. The molecule has 5 nitrogen and oxygen atoms in total. The van der Waals surface area contributed by atoms with Crippen molar-refractivity contribution < 1.29 is 9.72 Å². The van der Waals surface area contributed by atoms with Gasteiger partial charge in [-0.1, -0.05) is 47.6 Å². The average molecular weight is 399 g/mol. The van der Waals surface area contributed by atoms with Crippen molar-refractivity contribution in [2.24, 2.45) is 0 Å². The molecule has 3 aromatic rings. The van der Waals surface area contributed by atoms with Gasteiger partial charge in [0.05, 0.1) is 14.8 Å². The Bertz CT molecular complexity index is 1020. The normalized spacial score (nSPS) is 10.4. The van der Waals surface area contributed by atoms with E-state index in [0.717, 1.165) is 5.56 Å². The van der Waals surface area contributed by atoms with Crippen LogP contribution in [0.3, 0.4) is 0 Å². The van der Waals surface area contributed by atoms with Crippen LogP contribution in [-0.2, 0) is 0 Å². The van der Waals surface area contributed by atoms with Gasteiger partial charge in [-0.3, -0.25) is 14.9 Å². The molecule has 0 aromatic heterocycles. The lowest BCUT2D eigenvalue weighted by Crippen LogP contribution is -2.12. The minimum atomic E-state index is -0.497. The van der Waals surface area contributed by atoms with E-state index in [9.17, 15) is 14.9 Å². The predicted molar refractivity (Wildman–Crippen MR) is 108 cm³/mol. The number of rotatable bonds is 5. The highest BCUT2D eigenvalue weighted by Gasteiger charge is 2.19. The van der Waals surface area contributed by atoms with Gasteiger partial charge in [0, 0.05) is 22.2 Å². The fourth-order valence-corrected chi connectivity index (χ4v) is 3.63. The van der Waals surface area contributed by atoms with Crippen molar-refractivity contribution in [1.29, 1.82) is 0 Å². The summed E-state index contributed by atoms with van der Waals surface area (Å²) in [6, 6.07) is 18.9. The zero-order valence-electron chi connectivity index (χ0n) is 14.3. The van der Waals surface area contributed by atoms with Crippen molar-refractivity contribution >= 4 is 40.6 Å². The molecule has 1 N–H and O–H groups in total. The number of benzene rings is 3. The Morgan fingerprint density at radius 1 is 1.04 bits per heavy atom. The number of nitro groups is 1. The highest BCUT2D eigenvalue weighted by Crippen LogP contribution is 2.38. The summed E-state index contributed by atoms with van der Waals surface area (Å²) in [6.45, 7) is 1.92. The van der Waals surface area contributed by atoms with E-state index in [4.69, 9.17) is 11.6 Å². The Morgan fingerprint density at radius 3 is 2.52 bits per heavy atom. The van der Waals surface area contributed by atoms with E-state index < -0.39 is 10.8 Å². The largest absolute Gasteiger partial charge is 0.322 e. The number of nitrogens with one attached hydrogen (secondary N) is 1. The fraction of sp³-hybridized carbons (Fsp3) is 0.0500. The highest BCUT2D eigenvalue weighted by atomic mass is 35.5. The predicted octanol–water partition coefficient (Wildman–Crippen LogP) is 5.96. The number of anilines is 1. The summed E-state index contributed by atoms with van der Waals surface area (Å²) in [5.74, 6) is -0.405. The van der Waals surface area contributed by atoms with E-state index in [1.54, 1.807) is 36.4 Å². The Kier molecular flexibility index (Phi) is 5.78. The van der Waals surface area contributed by atoms with Crippen LogP contribution in [0.1, 0.15) is 15.9 Å². The number of nitro benzene ring substituents is 1. The smallest absolute Gasteiger partial charge is 0.284 e. The molecule has 3 aromatic carbocycles. The standard InChI is InChI=1S/C20H15ClN2O3S/c1-13-5-4-6-15(11-13)22-20(24)14-9-10-19(17(12-14)23(25)26)27-18-8-3-2-7-16(18)21/h2-12H,1H3,(H,22,24). The van der Waals surface area contributed by atoms with Crippen LogP contribution >= 0.6 is 23.4 Å². The van der Waals surface area contributed by atoms with Crippen molar-refractivity contribution in [2.45, 2.75) is 16.7 Å². The summed E-state index contributed by atoms with van der Waals surface area (Å²) >= 11 is 7.33. The number of carbonyl (C=O) groups is 1. The summed E-state index contributed by atoms with van der Waals surface area (Å²) in [5.41, 5.74) is 1.71. The van der Waals surface area contributed by atoms with Gasteiger partial charge >= 0.3 is 0 Å². The molecule has 0 aliphatic rings. The lowest BCUT2D eigenvalue weighted by Gasteiger charge is -2.08. The van der Waals surface area contributed by atoms with E-state index in [1.165, 1.54) is 17.8 Å². The van der Waals surface area contributed by atoms with Crippen molar-refractivity contribution in [2.75, 3.05) is 5.32 Å². The Hall–Kier alpha value is -2.83. The van der Waals surface area contributed by atoms with Crippen LogP contribution < -0.4 is 5.32 Å². The molecule has 0 atom stereocenters. The zero-order chi connectivity index (χ0) is 19.4. The van der Waals surface area contributed by atoms with Gasteiger partial charge in [-0.05, 0) is 48.9 Å². The molecule has 3 rings (SSSR count). The number of amides is 1. The van der Waals surface area contributed by atoms with Gasteiger partial charge in [0.15, 0.2) is 0 Å². The molecular weight excluding hydrogens is 384 g/mol. The summed E-state index contributed by atoms with van der Waals surface area (Å²) in [6.07, 6.45) is 0. The number of hydrogen-bond acceptors (Lipinski definition) is 4. The Labute approximate surface area is 165 Å². The minimum absolute atomic E-state index is 0.142. The molecule has 136 valence electrons. The molecule has 7 heteroatoms. The van der Waals surface area contributed by atoms with Gasteiger partial charge < -0.3 is 5.32 Å². The summed E-state index contributed by atoms with van der Waals surface area (Å²) in [5, 5.41) is 14.8. The first-order valence-electron chi connectivity index (χ1n) is 8.03. The topological polar surface area (TPSA) is 72.2 Å². The number of carbonyl (C=O) groups excluding carboxylic acids is 1. The molecule has 0 unspecified atom stereocenters. The van der Waals surface area contributed by atoms with Gasteiger partial charge in [-0.25, -0.2) is 0 Å². The molecule has 27 heavy (non-hydrogen) atoms. The second-order valence-corrected chi connectivity index (χ2v) is 7.29. The fourth-order valence-electron chi connectivity index (χ4n) is 2.46. The van der Waals surface area contributed by atoms with Gasteiger partial charge in [-0.2, -0.15) is 0 Å². The van der Waals surface area contributed by atoms with E-state index in [2.05, 4.69) is 5.32 Å². The molecule has 0 radical (unpaired) electrons. The zero-order valence-corrected chi connectivity index (χ0v) is 15.9. The molecule has 0 heterocycles. The third-order valence-electron chi connectivity index (χ3n) is 3.75. The van der Waals surface area contributed by atoms with Crippen LogP contribution in [-0.4, -0.2) is 10.8 Å². The number of hydrogen-bond donors (Lipinski definition) is 1. The van der Waals surface area contributed by atoms with Crippen LogP contribution in [0.25, 0.3) is 0 Å². The van der Waals surface area contributed by atoms with Crippen molar-refractivity contribution in [3.05, 3.63) is 93.0 Å². The third kappa shape index (κ3) is 4.67. The molecule has 0 spiro atoms. The second kappa shape index (κ2) is 8.24. The first-order valence-corrected chi connectivity index (χ1v) is 9.22. The van der Waals surface area contributed by atoms with Gasteiger partial charge in [0.1, 0.15) is 0 Å². The first-order chi connectivity index (χ1) is 12.9. The second-order valence-electron chi connectivity index (χ2n) is 5.80. The van der Waals surface area contributed by atoms with Crippen LogP contribution in [0, 0.1) is 17.0 Å². The summed E-state index contributed by atoms with van der Waals surface area (Å²) < 4.78 is 0. The molecule has 0 aliphatic carbocycles. The summed E-state index contributed by atoms with van der Waals surface area (Å²) in [7, 11) is 0. The van der Waals surface area contributed by atoms with Gasteiger partial charge in [0.25, 0.3) is 11.6 Å². The summed E-state index contributed by atoms with van der Waals surface area (Å²) in [4.78, 5) is 24.6. The number of halogens is 1. The lowest BCUT2D eigenvalue weighted by molar-refractivity contribution is -0.387. The monoisotopic (exact) mass is 398 g/mol. The van der Waals surface area contributed by atoms with E-state index in [0.29, 0.717) is 20.5 Å². The molecule has 1 amide bonds. The maximum atomic E-state index is 12.5.